The molecule has 7 heteroatoms. The molecule has 0 heterocycles. The van der Waals surface area contributed by atoms with Crippen molar-refractivity contribution in [3.63, 3.8) is 0 Å². The van der Waals surface area contributed by atoms with Crippen LogP contribution in [0.4, 0.5) is 18.9 Å². The second kappa shape index (κ2) is 7.16. The molecule has 126 valence electrons. The second-order valence-corrected chi connectivity index (χ2v) is 5.13. The number of nitrogens with one attached hydrogen (secondary N) is 1. The van der Waals surface area contributed by atoms with Crippen molar-refractivity contribution in [2.24, 2.45) is 0 Å². The Morgan fingerprint density at radius 1 is 1.00 bits per heavy atom. The van der Waals surface area contributed by atoms with Gasteiger partial charge in [0.2, 0.25) is 0 Å². The van der Waals surface area contributed by atoms with Gasteiger partial charge in [-0.25, -0.2) is 18.0 Å². The van der Waals surface area contributed by atoms with E-state index in [1.807, 2.05) is 0 Å². The highest BCUT2D eigenvalue weighted by molar-refractivity contribution is 5.97. The largest absolute Gasteiger partial charge is 0.449 e. The van der Waals surface area contributed by atoms with Crippen LogP contribution in [0.3, 0.4) is 0 Å². The third kappa shape index (κ3) is 4.13. The minimum Gasteiger partial charge on any atom is -0.449 e. The van der Waals surface area contributed by atoms with Crippen LogP contribution in [0, 0.1) is 24.4 Å². The van der Waals surface area contributed by atoms with Crippen molar-refractivity contribution in [3.05, 3.63) is 65.0 Å². The number of carbonyl (C=O) groups is 2. The minimum atomic E-state index is -1.21. The number of anilines is 1. The summed E-state index contributed by atoms with van der Waals surface area (Å²) < 4.78 is 44.3. The maximum absolute atomic E-state index is 13.4. The van der Waals surface area contributed by atoms with Crippen LogP contribution in [0.15, 0.2) is 36.4 Å². The van der Waals surface area contributed by atoms with Gasteiger partial charge in [0, 0.05) is 11.8 Å². The highest BCUT2D eigenvalue weighted by atomic mass is 19.2. The number of aryl methyl sites for hydroxylation is 1. The monoisotopic (exact) mass is 337 g/mol. The lowest BCUT2D eigenvalue weighted by Gasteiger charge is -2.14. The van der Waals surface area contributed by atoms with Gasteiger partial charge in [-0.15, -0.1) is 0 Å². The molecule has 0 fully saturated rings. The van der Waals surface area contributed by atoms with Gasteiger partial charge in [-0.3, -0.25) is 4.79 Å². The summed E-state index contributed by atoms with van der Waals surface area (Å²) in [4.78, 5) is 23.8. The number of amides is 1. The van der Waals surface area contributed by atoms with E-state index in [9.17, 15) is 22.8 Å². The van der Waals surface area contributed by atoms with Gasteiger partial charge in [-0.1, -0.05) is 6.07 Å². The summed E-state index contributed by atoms with van der Waals surface area (Å²) in [6.07, 6.45) is -1.21. The average molecular weight is 337 g/mol. The summed E-state index contributed by atoms with van der Waals surface area (Å²) in [7, 11) is 0. The van der Waals surface area contributed by atoms with E-state index in [0.29, 0.717) is 5.56 Å². The first-order valence-corrected chi connectivity index (χ1v) is 7.01. The molecule has 0 bridgehead atoms. The van der Waals surface area contributed by atoms with E-state index in [-0.39, 0.29) is 11.3 Å². The maximum Gasteiger partial charge on any atom is 0.339 e. The smallest absolute Gasteiger partial charge is 0.339 e. The van der Waals surface area contributed by atoms with Gasteiger partial charge in [0.1, 0.15) is 5.82 Å². The Hall–Kier alpha value is -2.83. The van der Waals surface area contributed by atoms with Gasteiger partial charge in [-0.2, -0.15) is 0 Å². The van der Waals surface area contributed by atoms with E-state index >= 15 is 0 Å². The van der Waals surface area contributed by atoms with Crippen LogP contribution >= 0.6 is 0 Å². The van der Waals surface area contributed by atoms with Crippen LogP contribution in [0.5, 0.6) is 0 Å². The first kappa shape index (κ1) is 17.5. The van der Waals surface area contributed by atoms with Crippen LogP contribution in [-0.2, 0) is 9.53 Å². The van der Waals surface area contributed by atoms with Gasteiger partial charge in [-0.05, 0) is 43.7 Å². The number of benzene rings is 2. The molecule has 0 saturated heterocycles. The lowest BCUT2D eigenvalue weighted by Crippen LogP contribution is -2.30. The predicted octanol–water partition coefficient (Wildman–Crippen LogP) is 3.60. The zero-order valence-corrected chi connectivity index (χ0v) is 12.9. The van der Waals surface area contributed by atoms with E-state index in [0.717, 1.165) is 18.2 Å². The van der Waals surface area contributed by atoms with Crippen molar-refractivity contribution in [2.75, 3.05) is 5.32 Å². The highest BCUT2D eigenvalue weighted by Crippen LogP contribution is 2.15. The molecule has 1 atom stereocenters. The molecule has 0 radical (unpaired) electrons. The summed E-state index contributed by atoms with van der Waals surface area (Å²) in [6.45, 7) is 2.85. The second-order valence-electron chi connectivity index (χ2n) is 5.13. The molecule has 2 aromatic rings. The first-order chi connectivity index (χ1) is 11.3. The lowest BCUT2D eigenvalue weighted by atomic mass is 10.1. The normalized spacial score (nSPS) is 11.7. The fraction of sp³-hybridized carbons (Fsp3) is 0.176. The van der Waals surface area contributed by atoms with Gasteiger partial charge >= 0.3 is 5.97 Å². The Bertz CT molecular complexity index is 793. The maximum atomic E-state index is 13.4. The molecular weight excluding hydrogens is 323 g/mol. The number of ether oxygens (including phenoxy) is 1. The minimum absolute atomic E-state index is 0.0168. The number of hydrogen-bond donors (Lipinski definition) is 1. The molecule has 0 aliphatic rings. The molecule has 24 heavy (non-hydrogen) atoms. The number of carbonyl (C=O) groups excluding carboxylic acids is 2. The quantitative estimate of drug-likeness (QED) is 0.868. The summed E-state index contributed by atoms with van der Waals surface area (Å²) in [6, 6.07) is 6.63. The van der Waals surface area contributed by atoms with Gasteiger partial charge in [0.15, 0.2) is 17.7 Å². The Kier molecular flexibility index (Phi) is 5.23. The molecular formula is C17H14F3NO3. The summed E-state index contributed by atoms with van der Waals surface area (Å²) in [5, 5.41) is 2.29. The molecule has 2 rings (SSSR count). The fourth-order valence-electron chi connectivity index (χ4n) is 1.82. The zero-order chi connectivity index (χ0) is 17.9. The van der Waals surface area contributed by atoms with Crippen molar-refractivity contribution >= 4 is 17.6 Å². The number of hydrogen-bond acceptors (Lipinski definition) is 3. The third-order valence-electron chi connectivity index (χ3n) is 3.25. The first-order valence-electron chi connectivity index (χ1n) is 7.01. The third-order valence-corrected chi connectivity index (χ3v) is 3.25. The van der Waals surface area contributed by atoms with Crippen molar-refractivity contribution in [3.8, 4) is 0 Å². The van der Waals surface area contributed by atoms with Crippen LogP contribution in [0.25, 0.3) is 0 Å². The molecule has 1 N–H and O–H groups in total. The van der Waals surface area contributed by atoms with Gasteiger partial charge in [0.25, 0.3) is 5.91 Å². The van der Waals surface area contributed by atoms with E-state index in [1.54, 1.807) is 6.92 Å². The molecule has 0 saturated carbocycles. The van der Waals surface area contributed by atoms with E-state index in [1.165, 1.54) is 25.1 Å². The topological polar surface area (TPSA) is 55.4 Å². The molecule has 4 nitrogen and oxygen atoms in total. The number of esters is 1. The van der Waals surface area contributed by atoms with Crippen LogP contribution < -0.4 is 5.32 Å². The highest BCUT2D eigenvalue weighted by Gasteiger charge is 2.20. The Morgan fingerprint density at radius 2 is 1.71 bits per heavy atom. The summed E-state index contributed by atoms with van der Waals surface area (Å²) in [5.41, 5.74) is 0.351. The standard InChI is InChI=1S/C17H14F3NO3/c1-9-3-4-11(7-14(9)19)17(23)24-10(2)16(22)21-12-5-6-13(18)15(20)8-12/h3-8,10H,1-2H3,(H,21,22)/t10-/m0/s1. The Balaban J connectivity index is 2.01. The SMILES string of the molecule is Cc1ccc(C(=O)O[C@@H](C)C(=O)Nc2ccc(F)c(F)c2)cc1F. The van der Waals surface area contributed by atoms with Crippen LogP contribution in [-0.4, -0.2) is 18.0 Å². The van der Waals surface area contributed by atoms with Crippen molar-refractivity contribution < 1.29 is 27.5 Å². The van der Waals surface area contributed by atoms with Crippen molar-refractivity contribution in [1.82, 2.24) is 0 Å². The van der Waals surface area contributed by atoms with E-state index < -0.39 is 35.4 Å². The summed E-state index contributed by atoms with van der Waals surface area (Å²) >= 11 is 0. The molecule has 0 aliphatic heterocycles. The molecule has 0 aliphatic carbocycles. The van der Waals surface area contributed by atoms with Crippen LogP contribution in [0.1, 0.15) is 22.8 Å². The number of rotatable bonds is 4. The summed E-state index contributed by atoms with van der Waals surface area (Å²) in [5.74, 6) is -4.34. The predicted molar refractivity (Wildman–Crippen MR) is 81.0 cm³/mol. The Morgan fingerprint density at radius 3 is 2.33 bits per heavy atom. The molecule has 0 unspecified atom stereocenters. The Labute approximate surface area is 136 Å². The van der Waals surface area contributed by atoms with Crippen LogP contribution in [0.2, 0.25) is 0 Å². The van der Waals surface area contributed by atoms with Crippen molar-refractivity contribution in [1.29, 1.82) is 0 Å². The number of halogens is 3. The van der Waals surface area contributed by atoms with Gasteiger partial charge in [0.05, 0.1) is 5.56 Å². The van der Waals surface area contributed by atoms with Crippen molar-refractivity contribution in [2.45, 2.75) is 20.0 Å². The average Bonchev–Trinajstić information content (AvgIpc) is 2.53. The molecule has 0 spiro atoms. The van der Waals surface area contributed by atoms with E-state index in [4.69, 9.17) is 4.74 Å². The van der Waals surface area contributed by atoms with Gasteiger partial charge < -0.3 is 10.1 Å². The fourth-order valence-corrected chi connectivity index (χ4v) is 1.82. The zero-order valence-electron chi connectivity index (χ0n) is 12.9. The lowest BCUT2D eigenvalue weighted by molar-refractivity contribution is -0.123. The molecule has 1 amide bonds. The molecule has 0 aromatic heterocycles. The van der Waals surface area contributed by atoms with E-state index in [2.05, 4.69) is 5.32 Å². The molecule has 2 aromatic carbocycles.